The fourth-order valence-corrected chi connectivity index (χ4v) is 2.12. The fourth-order valence-electron chi connectivity index (χ4n) is 2.12. The maximum atomic E-state index is 5.62. The van der Waals surface area contributed by atoms with Crippen molar-refractivity contribution in [3.05, 3.63) is 54.2 Å². The Labute approximate surface area is 111 Å². The normalized spacial score (nSPS) is 10.6. The van der Waals surface area contributed by atoms with E-state index in [2.05, 4.69) is 40.1 Å². The van der Waals surface area contributed by atoms with E-state index in [1.807, 2.05) is 24.3 Å². The number of hydrogen-bond donors (Lipinski definition) is 2. The van der Waals surface area contributed by atoms with E-state index in [-0.39, 0.29) is 5.95 Å². The minimum Gasteiger partial charge on any atom is -0.368 e. The van der Waals surface area contributed by atoms with Crippen molar-refractivity contribution in [2.24, 2.45) is 0 Å². The second-order valence-corrected chi connectivity index (χ2v) is 4.41. The smallest absolute Gasteiger partial charge is 0.220 e. The molecule has 0 saturated carbocycles. The van der Waals surface area contributed by atoms with Crippen molar-refractivity contribution in [3.8, 4) is 22.6 Å². The quantitative estimate of drug-likeness (QED) is 0.734. The number of nitrogen functional groups attached to an aromatic ring is 1. The molecule has 0 bridgehead atoms. The number of nitrogens with one attached hydrogen (secondary N) is 1. The van der Waals surface area contributed by atoms with Crippen molar-refractivity contribution in [3.63, 3.8) is 0 Å². The summed E-state index contributed by atoms with van der Waals surface area (Å²) in [4.78, 5) is 11.5. The van der Waals surface area contributed by atoms with Crippen LogP contribution in [0.2, 0.25) is 0 Å². The van der Waals surface area contributed by atoms with Crippen LogP contribution >= 0.6 is 0 Å². The molecule has 0 aliphatic carbocycles. The van der Waals surface area contributed by atoms with E-state index < -0.39 is 0 Å². The Hall–Kier alpha value is -2.62. The average Bonchev–Trinajstić information content (AvgIpc) is 2.82. The van der Waals surface area contributed by atoms with Gasteiger partial charge in [0.25, 0.3) is 0 Å². The van der Waals surface area contributed by atoms with Gasteiger partial charge in [0.15, 0.2) is 0 Å². The monoisotopic (exact) mass is 250 g/mol. The number of nitrogens with zero attached hydrogens (tertiary/aromatic N) is 2. The van der Waals surface area contributed by atoms with Gasteiger partial charge in [0.05, 0.1) is 11.4 Å². The van der Waals surface area contributed by atoms with Crippen molar-refractivity contribution >= 4 is 5.95 Å². The molecule has 3 rings (SSSR count). The standard InChI is InChI=1S/C15H14N4/c1-10-9-13(12-7-8-17-15(16)19-12)18-14(10)11-5-3-2-4-6-11/h2-9,18H,1H3,(H2,16,17,19). The number of hydrogen-bond acceptors (Lipinski definition) is 3. The molecule has 1 aromatic carbocycles. The number of anilines is 1. The molecule has 0 amide bonds. The maximum Gasteiger partial charge on any atom is 0.220 e. The number of H-pyrrole nitrogens is 1. The van der Waals surface area contributed by atoms with Crippen molar-refractivity contribution in [1.29, 1.82) is 0 Å². The molecule has 0 atom stereocenters. The summed E-state index contributed by atoms with van der Waals surface area (Å²) >= 11 is 0. The van der Waals surface area contributed by atoms with Crippen LogP contribution in [0.25, 0.3) is 22.6 Å². The number of aromatic nitrogens is 3. The third-order valence-corrected chi connectivity index (χ3v) is 3.03. The van der Waals surface area contributed by atoms with Crippen LogP contribution in [-0.2, 0) is 0 Å². The van der Waals surface area contributed by atoms with Gasteiger partial charge >= 0.3 is 0 Å². The Kier molecular flexibility index (Phi) is 2.76. The second-order valence-electron chi connectivity index (χ2n) is 4.41. The zero-order chi connectivity index (χ0) is 13.2. The molecule has 19 heavy (non-hydrogen) atoms. The van der Waals surface area contributed by atoms with E-state index >= 15 is 0 Å². The van der Waals surface area contributed by atoms with Crippen LogP contribution in [0, 0.1) is 6.92 Å². The Morgan fingerprint density at radius 3 is 2.63 bits per heavy atom. The molecule has 0 aliphatic rings. The zero-order valence-corrected chi connectivity index (χ0v) is 10.6. The molecule has 4 nitrogen and oxygen atoms in total. The van der Waals surface area contributed by atoms with Gasteiger partial charge in [0.2, 0.25) is 5.95 Å². The van der Waals surface area contributed by atoms with E-state index in [1.54, 1.807) is 6.20 Å². The molecule has 4 heteroatoms. The van der Waals surface area contributed by atoms with Gasteiger partial charge < -0.3 is 10.7 Å². The predicted molar refractivity (Wildman–Crippen MR) is 76.4 cm³/mol. The van der Waals surface area contributed by atoms with Crippen LogP contribution < -0.4 is 5.73 Å². The summed E-state index contributed by atoms with van der Waals surface area (Å²) in [5, 5.41) is 0. The van der Waals surface area contributed by atoms with Gasteiger partial charge in [0, 0.05) is 11.9 Å². The van der Waals surface area contributed by atoms with Crippen molar-refractivity contribution in [2.45, 2.75) is 6.92 Å². The second kappa shape index (κ2) is 4.57. The molecule has 0 spiro atoms. The van der Waals surface area contributed by atoms with Gasteiger partial charge in [0.1, 0.15) is 0 Å². The summed E-state index contributed by atoms with van der Waals surface area (Å²) in [7, 11) is 0. The van der Waals surface area contributed by atoms with E-state index in [1.165, 1.54) is 5.56 Å². The molecular weight excluding hydrogens is 236 g/mol. The molecule has 0 unspecified atom stereocenters. The van der Waals surface area contributed by atoms with E-state index in [0.717, 1.165) is 22.6 Å². The van der Waals surface area contributed by atoms with E-state index in [9.17, 15) is 0 Å². The summed E-state index contributed by atoms with van der Waals surface area (Å²) in [6.07, 6.45) is 1.66. The lowest BCUT2D eigenvalue weighted by atomic mass is 10.1. The lowest BCUT2D eigenvalue weighted by Gasteiger charge is -2.00. The maximum absolute atomic E-state index is 5.62. The molecule has 94 valence electrons. The number of aromatic amines is 1. The third-order valence-electron chi connectivity index (χ3n) is 3.03. The first-order valence-corrected chi connectivity index (χ1v) is 6.08. The minimum absolute atomic E-state index is 0.283. The molecule has 0 saturated heterocycles. The highest BCUT2D eigenvalue weighted by Gasteiger charge is 2.09. The summed E-state index contributed by atoms with van der Waals surface area (Å²) in [6.45, 7) is 2.08. The average molecular weight is 250 g/mol. The third kappa shape index (κ3) is 2.20. The summed E-state index contributed by atoms with van der Waals surface area (Å²) < 4.78 is 0. The highest BCUT2D eigenvalue weighted by atomic mass is 15.0. The van der Waals surface area contributed by atoms with Crippen LogP contribution in [0.15, 0.2) is 48.7 Å². The predicted octanol–water partition coefficient (Wildman–Crippen LogP) is 3.03. The highest BCUT2D eigenvalue weighted by Crippen LogP contribution is 2.27. The Balaban J connectivity index is 2.07. The molecular formula is C15H14N4. The van der Waals surface area contributed by atoms with Gasteiger partial charge in [-0.1, -0.05) is 30.3 Å². The largest absolute Gasteiger partial charge is 0.368 e. The molecule has 2 heterocycles. The molecule has 0 fully saturated rings. The Morgan fingerprint density at radius 1 is 1.11 bits per heavy atom. The number of benzene rings is 1. The van der Waals surface area contributed by atoms with Gasteiger partial charge in [-0.25, -0.2) is 9.97 Å². The zero-order valence-electron chi connectivity index (χ0n) is 10.6. The van der Waals surface area contributed by atoms with Gasteiger partial charge in [-0.05, 0) is 30.2 Å². The highest BCUT2D eigenvalue weighted by molar-refractivity contribution is 5.70. The fraction of sp³-hybridized carbons (Fsp3) is 0.0667. The van der Waals surface area contributed by atoms with Crippen molar-refractivity contribution in [1.82, 2.24) is 15.0 Å². The van der Waals surface area contributed by atoms with E-state index in [0.29, 0.717) is 0 Å². The van der Waals surface area contributed by atoms with Gasteiger partial charge in [-0.15, -0.1) is 0 Å². The van der Waals surface area contributed by atoms with Crippen LogP contribution in [0.4, 0.5) is 5.95 Å². The summed E-state index contributed by atoms with van der Waals surface area (Å²) in [5.74, 6) is 0.283. The molecule has 0 radical (unpaired) electrons. The summed E-state index contributed by atoms with van der Waals surface area (Å²) in [5.41, 5.74) is 10.8. The molecule has 0 aliphatic heterocycles. The first kappa shape index (κ1) is 11.5. The molecule has 2 aromatic heterocycles. The van der Waals surface area contributed by atoms with E-state index in [4.69, 9.17) is 5.73 Å². The topological polar surface area (TPSA) is 67.6 Å². The Morgan fingerprint density at radius 2 is 1.89 bits per heavy atom. The Bertz CT molecular complexity index is 701. The van der Waals surface area contributed by atoms with Gasteiger partial charge in [-0.2, -0.15) is 0 Å². The number of aryl methyl sites for hydroxylation is 1. The lowest BCUT2D eigenvalue weighted by molar-refractivity contribution is 1.18. The number of nitrogens with two attached hydrogens (primary N) is 1. The van der Waals surface area contributed by atoms with Crippen LogP contribution in [0.3, 0.4) is 0 Å². The van der Waals surface area contributed by atoms with Crippen LogP contribution in [0.5, 0.6) is 0 Å². The van der Waals surface area contributed by atoms with Crippen LogP contribution in [-0.4, -0.2) is 15.0 Å². The SMILES string of the molecule is Cc1cc(-c2ccnc(N)n2)[nH]c1-c1ccccc1. The minimum atomic E-state index is 0.283. The van der Waals surface area contributed by atoms with Crippen molar-refractivity contribution in [2.75, 3.05) is 5.73 Å². The first-order valence-electron chi connectivity index (χ1n) is 6.08. The lowest BCUT2D eigenvalue weighted by Crippen LogP contribution is -1.95. The first-order chi connectivity index (χ1) is 9.24. The molecule has 3 N–H and O–H groups in total. The van der Waals surface area contributed by atoms with Gasteiger partial charge in [-0.3, -0.25) is 0 Å². The number of rotatable bonds is 2. The van der Waals surface area contributed by atoms with Crippen LogP contribution in [0.1, 0.15) is 5.56 Å². The molecule has 3 aromatic rings. The summed E-state index contributed by atoms with van der Waals surface area (Å²) in [6, 6.07) is 14.1. The van der Waals surface area contributed by atoms with Crippen molar-refractivity contribution < 1.29 is 0 Å².